The molecule has 1 N–H and O–H groups in total. The fourth-order valence-electron chi connectivity index (χ4n) is 2.88. The zero-order valence-corrected chi connectivity index (χ0v) is 18.7. The van der Waals surface area contributed by atoms with Crippen LogP contribution in [0.2, 0.25) is 0 Å². The third-order valence-electron chi connectivity index (χ3n) is 4.37. The van der Waals surface area contributed by atoms with Gasteiger partial charge in [-0.2, -0.15) is 0 Å². The number of hydrogen-bond donors (Lipinski definition) is 1. The molecular formula is C20H19BrN4O4S. The number of nitrogens with zero attached hydrogens (tertiary/aromatic N) is 3. The van der Waals surface area contributed by atoms with Gasteiger partial charge in [-0.1, -0.05) is 40.7 Å². The highest BCUT2D eigenvalue weighted by atomic mass is 79.9. The Bertz CT molecular complexity index is 1200. The van der Waals surface area contributed by atoms with E-state index in [1.165, 1.54) is 12.1 Å². The second-order valence-corrected chi connectivity index (χ2v) is 8.46. The van der Waals surface area contributed by atoms with Gasteiger partial charge in [0, 0.05) is 23.2 Å². The van der Waals surface area contributed by atoms with E-state index in [1.807, 2.05) is 13.0 Å². The normalized spacial score (nSPS) is 10.9. The molecule has 3 rings (SSSR count). The number of nitro groups is 1. The molecule has 0 unspecified atom stereocenters. The van der Waals surface area contributed by atoms with Crippen molar-refractivity contribution in [2.75, 3.05) is 11.1 Å². The van der Waals surface area contributed by atoms with Crippen molar-refractivity contribution in [2.45, 2.75) is 32.0 Å². The van der Waals surface area contributed by atoms with E-state index in [1.54, 1.807) is 29.7 Å². The van der Waals surface area contributed by atoms with E-state index in [9.17, 15) is 19.7 Å². The maximum absolute atomic E-state index is 12.9. The number of hydrogen-bond acceptors (Lipinski definition) is 6. The van der Waals surface area contributed by atoms with Gasteiger partial charge < -0.3 is 5.32 Å². The predicted octanol–water partition coefficient (Wildman–Crippen LogP) is 4.52. The SMILES string of the molecule is CCCn1c(SCC(=O)Nc2cc([N+](=O)[O-])ccc2C)nc2ccc(Br)cc2c1=O. The minimum absolute atomic E-state index is 0.0142. The quantitative estimate of drug-likeness (QED) is 0.226. The number of halogens is 1. The van der Waals surface area contributed by atoms with Crippen molar-refractivity contribution in [3.63, 3.8) is 0 Å². The summed E-state index contributed by atoms with van der Waals surface area (Å²) >= 11 is 4.53. The molecule has 8 nitrogen and oxygen atoms in total. The van der Waals surface area contributed by atoms with Crippen LogP contribution >= 0.6 is 27.7 Å². The number of nitrogens with one attached hydrogen (secondary N) is 1. The molecule has 0 spiro atoms. The molecule has 10 heteroatoms. The second-order valence-electron chi connectivity index (χ2n) is 6.61. The summed E-state index contributed by atoms with van der Waals surface area (Å²) < 4.78 is 2.37. The van der Waals surface area contributed by atoms with Crippen LogP contribution in [0.4, 0.5) is 11.4 Å². The second kappa shape index (κ2) is 9.40. The van der Waals surface area contributed by atoms with E-state index in [0.29, 0.717) is 28.3 Å². The van der Waals surface area contributed by atoms with Crippen LogP contribution in [-0.4, -0.2) is 26.1 Å². The standard InChI is InChI=1S/C20H19BrN4O4S/c1-3-8-24-19(27)15-9-13(21)5-7-16(15)23-20(24)30-11-18(26)22-17-10-14(25(28)29)6-4-12(17)2/h4-7,9-10H,3,8,11H2,1-2H3,(H,22,26). The Labute approximate surface area is 185 Å². The summed E-state index contributed by atoms with van der Waals surface area (Å²) in [5, 5.41) is 14.6. The minimum Gasteiger partial charge on any atom is -0.325 e. The van der Waals surface area contributed by atoms with Gasteiger partial charge in [-0.3, -0.25) is 24.3 Å². The number of carbonyl (C=O) groups is 1. The molecule has 1 amide bonds. The molecule has 3 aromatic rings. The first-order valence-electron chi connectivity index (χ1n) is 9.18. The van der Waals surface area contributed by atoms with Gasteiger partial charge in [-0.05, 0) is 37.1 Å². The van der Waals surface area contributed by atoms with Crippen molar-refractivity contribution in [1.29, 1.82) is 0 Å². The van der Waals surface area contributed by atoms with E-state index in [4.69, 9.17) is 0 Å². The summed E-state index contributed by atoms with van der Waals surface area (Å²) in [5.41, 5.74) is 1.42. The number of anilines is 1. The van der Waals surface area contributed by atoms with Gasteiger partial charge in [0.15, 0.2) is 5.16 Å². The first kappa shape index (κ1) is 22.0. The van der Waals surface area contributed by atoms with Gasteiger partial charge in [0.05, 0.1) is 27.3 Å². The molecule has 1 heterocycles. The molecular weight excluding hydrogens is 472 g/mol. The van der Waals surface area contributed by atoms with Crippen molar-refractivity contribution in [2.24, 2.45) is 0 Å². The largest absolute Gasteiger partial charge is 0.325 e. The summed E-state index contributed by atoms with van der Waals surface area (Å²) in [6.07, 6.45) is 0.744. The smallest absolute Gasteiger partial charge is 0.271 e. The van der Waals surface area contributed by atoms with Gasteiger partial charge in [0.2, 0.25) is 5.91 Å². The molecule has 0 saturated heterocycles. The summed E-state index contributed by atoms with van der Waals surface area (Å²) in [7, 11) is 0. The molecule has 0 atom stereocenters. The van der Waals surface area contributed by atoms with Crippen LogP contribution in [0.1, 0.15) is 18.9 Å². The number of aryl methyl sites for hydroxylation is 1. The Hall–Kier alpha value is -2.72. The monoisotopic (exact) mass is 490 g/mol. The molecule has 0 aliphatic heterocycles. The Balaban J connectivity index is 1.83. The van der Waals surface area contributed by atoms with Crippen LogP contribution in [-0.2, 0) is 11.3 Å². The number of thioether (sulfide) groups is 1. The van der Waals surface area contributed by atoms with Gasteiger partial charge in [0.25, 0.3) is 11.2 Å². The molecule has 156 valence electrons. The number of nitro benzene ring substituents is 1. The summed E-state index contributed by atoms with van der Waals surface area (Å²) in [6.45, 7) is 4.21. The Morgan fingerprint density at radius 1 is 1.30 bits per heavy atom. The highest BCUT2D eigenvalue weighted by molar-refractivity contribution is 9.10. The van der Waals surface area contributed by atoms with Crippen LogP contribution in [0.5, 0.6) is 0 Å². The van der Waals surface area contributed by atoms with Crippen LogP contribution in [0, 0.1) is 17.0 Å². The van der Waals surface area contributed by atoms with Gasteiger partial charge in [-0.15, -0.1) is 0 Å². The molecule has 0 fully saturated rings. The van der Waals surface area contributed by atoms with Crippen LogP contribution in [0.15, 0.2) is 50.8 Å². The molecule has 0 bridgehead atoms. The fraction of sp³-hybridized carbons (Fsp3) is 0.250. The molecule has 0 radical (unpaired) electrons. The van der Waals surface area contributed by atoms with Gasteiger partial charge in [-0.25, -0.2) is 4.98 Å². The van der Waals surface area contributed by atoms with Crippen molar-refractivity contribution in [3.05, 3.63) is 66.9 Å². The van der Waals surface area contributed by atoms with Crippen molar-refractivity contribution in [1.82, 2.24) is 9.55 Å². The minimum atomic E-state index is -0.509. The molecule has 0 saturated carbocycles. The topological polar surface area (TPSA) is 107 Å². The maximum atomic E-state index is 12.9. The summed E-state index contributed by atoms with van der Waals surface area (Å²) in [4.78, 5) is 40.4. The van der Waals surface area contributed by atoms with E-state index >= 15 is 0 Å². The van der Waals surface area contributed by atoms with E-state index in [-0.39, 0.29) is 22.9 Å². The average Bonchev–Trinajstić information content (AvgIpc) is 2.71. The number of amides is 1. The Kier molecular flexibility index (Phi) is 6.88. The molecule has 30 heavy (non-hydrogen) atoms. The fourth-order valence-corrected chi connectivity index (χ4v) is 4.06. The van der Waals surface area contributed by atoms with Crippen molar-refractivity contribution >= 4 is 55.9 Å². The first-order valence-corrected chi connectivity index (χ1v) is 11.0. The number of fused-ring (bicyclic) bond motifs is 1. The van der Waals surface area contributed by atoms with Crippen LogP contribution < -0.4 is 10.9 Å². The number of aromatic nitrogens is 2. The molecule has 0 aliphatic rings. The third-order valence-corrected chi connectivity index (χ3v) is 5.84. The van der Waals surface area contributed by atoms with E-state index in [2.05, 4.69) is 26.2 Å². The zero-order valence-electron chi connectivity index (χ0n) is 16.3. The van der Waals surface area contributed by atoms with Gasteiger partial charge >= 0.3 is 0 Å². The average molecular weight is 491 g/mol. The highest BCUT2D eigenvalue weighted by Crippen LogP contribution is 2.24. The molecule has 0 aliphatic carbocycles. The lowest BCUT2D eigenvalue weighted by Crippen LogP contribution is -2.24. The lowest BCUT2D eigenvalue weighted by molar-refractivity contribution is -0.384. The highest BCUT2D eigenvalue weighted by Gasteiger charge is 2.15. The summed E-state index contributed by atoms with van der Waals surface area (Å²) in [5.74, 6) is -0.322. The number of carbonyl (C=O) groups excluding carboxylic acids is 1. The Morgan fingerprint density at radius 3 is 2.77 bits per heavy atom. The molecule has 1 aromatic heterocycles. The lowest BCUT2D eigenvalue weighted by Gasteiger charge is -2.13. The zero-order chi connectivity index (χ0) is 21.8. The number of benzene rings is 2. The number of non-ortho nitro benzene ring substituents is 1. The molecule has 2 aromatic carbocycles. The maximum Gasteiger partial charge on any atom is 0.271 e. The van der Waals surface area contributed by atoms with E-state index in [0.717, 1.165) is 28.2 Å². The third kappa shape index (κ3) is 4.88. The first-order chi connectivity index (χ1) is 14.3. The summed E-state index contributed by atoms with van der Waals surface area (Å²) in [6, 6.07) is 9.61. The van der Waals surface area contributed by atoms with Crippen LogP contribution in [0.3, 0.4) is 0 Å². The number of rotatable bonds is 7. The predicted molar refractivity (Wildman–Crippen MR) is 121 cm³/mol. The van der Waals surface area contributed by atoms with Crippen LogP contribution in [0.25, 0.3) is 10.9 Å². The van der Waals surface area contributed by atoms with Crippen molar-refractivity contribution in [3.8, 4) is 0 Å². The van der Waals surface area contributed by atoms with Gasteiger partial charge in [0.1, 0.15) is 0 Å². The lowest BCUT2D eigenvalue weighted by atomic mass is 10.2. The van der Waals surface area contributed by atoms with E-state index < -0.39 is 4.92 Å². The Morgan fingerprint density at radius 2 is 2.07 bits per heavy atom. The van der Waals surface area contributed by atoms with Crippen molar-refractivity contribution < 1.29 is 9.72 Å².